The molecule has 2 heterocycles. The van der Waals surface area contributed by atoms with Gasteiger partial charge in [-0.1, -0.05) is 12.1 Å². The average molecular weight is 622 g/mol. The lowest BCUT2D eigenvalue weighted by Gasteiger charge is -2.35. The molecule has 5 rings (SSSR count). The van der Waals surface area contributed by atoms with Crippen molar-refractivity contribution in [1.82, 2.24) is 4.98 Å². The zero-order chi connectivity index (χ0) is 31.8. The molecule has 3 aromatic rings. The molecule has 242 valence electrons. The molecule has 2 aromatic carbocycles. The van der Waals surface area contributed by atoms with Crippen LogP contribution in [0.3, 0.4) is 0 Å². The number of carbonyl (C=O) groups is 1. The van der Waals surface area contributed by atoms with Crippen LogP contribution < -0.4 is 9.47 Å². The van der Waals surface area contributed by atoms with Crippen molar-refractivity contribution in [1.29, 1.82) is 0 Å². The van der Waals surface area contributed by atoms with Crippen LogP contribution in [0.5, 0.6) is 28.7 Å². The molecule has 1 aromatic heterocycles. The number of pyridine rings is 1. The fraction of sp³-hybridized carbons (Fsp3) is 0.486. The zero-order valence-corrected chi connectivity index (χ0v) is 25.6. The number of esters is 1. The molecule has 1 saturated heterocycles. The van der Waals surface area contributed by atoms with Crippen molar-refractivity contribution in [2.24, 2.45) is 5.92 Å². The Balaban J connectivity index is 1.25. The minimum Gasteiger partial charge on any atom is -0.504 e. The first-order chi connectivity index (χ1) is 21.8. The number of aliphatic hydroxyl groups excluding tert-OH is 1. The molecule has 0 spiro atoms. The molecular weight excluding hydrogens is 578 g/mol. The van der Waals surface area contributed by atoms with Gasteiger partial charge in [-0.3, -0.25) is 9.78 Å². The number of phenols is 3. The number of aryl methyl sites for hydroxylation is 1. The van der Waals surface area contributed by atoms with Crippen molar-refractivity contribution in [2.45, 2.75) is 89.1 Å². The highest BCUT2D eigenvalue weighted by molar-refractivity contribution is 5.66. The third kappa shape index (κ3) is 9.02. The number of phenolic OH excluding ortho intramolecular Hbond substituents is 3. The van der Waals surface area contributed by atoms with Crippen LogP contribution in [0.15, 0.2) is 54.9 Å². The standard InChI is InChI=1S/C35H43NO9/c1-22(38)43-29-18-28(9-7-23-8-10-30(39)33(15-23)45-27-6-2-4-25(14-27)21-37)44-32(19-29)26-16-31(40)35(41)34(17-26)42-13-11-24-5-3-12-36-20-24/h3,5,8,10,12,15-17,20,25,27-29,32,37,39-41H,2,4,6-7,9,11,13-14,18-19,21H2,1H3. The highest BCUT2D eigenvalue weighted by atomic mass is 16.6. The zero-order valence-electron chi connectivity index (χ0n) is 25.6. The van der Waals surface area contributed by atoms with Crippen LogP contribution in [0, 0.1) is 5.92 Å². The number of aromatic hydroxyl groups is 3. The van der Waals surface area contributed by atoms with E-state index >= 15 is 0 Å². The number of hydrogen-bond acceptors (Lipinski definition) is 10. The summed E-state index contributed by atoms with van der Waals surface area (Å²) in [6, 6.07) is 12.2. The van der Waals surface area contributed by atoms with E-state index in [1.165, 1.54) is 13.0 Å². The Labute approximate surface area is 263 Å². The van der Waals surface area contributed by atoms with Gasteiger partial charge in [-0.05, 0) is 91.5 Å². The largest absolute Gasteiger partial charge is 0.504 e. The summed E-state index contributed by atoms with van der Waals surface area (Å²) in [6.45, 7) is 1.80. The Hall–Kier alpha value is -4.02. The van der Waals surface area contributed by atoms with Crippen LogP contribution in [-0.2, 0) is 27.1 Å². The van der Waals surface area contributed by atoms with Crippen LogP contribution >= 0.6 is 0 Å². The molecule has 1 saturated carbocycles. The number of rotatable bonds is 12. The summed E-state index contributed by atoms with van der Waals surface area (Å²) in [5, 5.41) is 41.0. The average Bonchev–Trinajstić information content (AvgIpc) is 3.03. The third-order valence-electron chi connectivity index (χ3n) is 8.58. The highest BCUT2D eigenvalue weighted by Crippen LogP contribution is 2.43. The second-order valence-electron chi connectivity index (χ2n) is 12.1. The van der Waals surface area contributed by atoms with Crippen LogP contribution in [0.4, 0.5) is 0 Å². The van der Waals surface area contributed by atoms with Crippen molar-refractivity contribution in [2.75, 3.05) is 13.2 Å². The molecule has 0 amide bonds. The van der Waals surface area contributed by atoms with Crippen LogP contribution in [0.2, 0.25) is 0 Å². The van der Waals surface area contributed by atoms with Gasteiger partial charge in [0.1, 0.15) is 6.10 Å². The SMILES string of the molecule is CC(=O)OC1CC(CCc2ccc(O)c(OC3CCCC(CO)C3)c2)OC(c2cc(O)c(O)c(OCCc3cccnc3)c2)C1. The van der Waals surface area contributed by atoms with Gasteiger partial charge in [-0.15, -0.1) is 0 Å². The van der Waals surface area contributed by atoms with Gasteiger partial charge in [0.05, 0.1) is 24.9 Å². The monoisotopic (exact) mass is 621 g/mol. The van der Waals surface area contributed by atoms with E-state index in [2.05, 4.69) is 4.98 Å². The van der Waals surface area contributed by atoms with Gasteiger partial charge in [0.2, 0.25) is 5.75 Å². The Morgan fingerprint density at radius 1 is 0.956 bits per heavy atom. The molecule has 2 fully saturated rings. The van der Waals surface area contributed by atoms with Gasteiger partial charge < -0.3 is 39.4 Å². The normalized spacial score (nSPS) is 23.3. The van der Waals surface area contributed by atoms with Crippen LogP contribution in [0.25, 0.3) is 0 Å². The van der Waals surface area contributed by atoms with E-state index in [0.717, 1.165) is 36.8 Å². The summed E-state index contributed by atoms with van der Waals surface area (Å²) in [6.07, 6.45) is 8.59. The molecule has 0 radical (unpaired) electrons. The maximum absolute atomic E-state index is 11.9. The number of aromatic nitrogens is 1. The van der Waals surface area contributed by atoms with Crippen molar-refractivity contribution in [3.8, 4) is 28.7 Å². The maximum Gasteiger partial charge on any atom is 0.302 e. The third-order valence-corrected chi connectivity index (χ3v) is 8.58. The van der Waals surface area contributed by atoms with E-state index in [-0.39, 0.29) is 66.4 Å². The Bertz CT molecular complexity index is 1420. The summed E-state index contributed by atoms with van der Waals surface area (Å²) >= 11 is 0. The predicted molar refractivity (Wildman–Crippen MR) is 165 cm³/mol. The number of ether oxygens (including phenoxy) is 4. The number of hydrogen-bond donors (Lipinski definition) is 4. The van der Waals surface area contributed by atoms with E-state index < -0.39 is 6.10 Å². The van der Waals surface area contributed by atoms with Crippen molar-refractivity contribution in [3.63, 3.8) is 0 Å². The minimum absolute atomic E-state index is 0.0464. The molecule has 4 N–H and O–H groups in total. The number of carbonyl (C=O) groups excluding carboxylic acids is 1. The first kappa shape index (κ1) is 32.4. The first-order valence-corrected chi connectivity index (χ1v) is 15.8. The summed E-state index contributed by atoms with van der Waals surface area (Å²) in [4.78, 5) is 16.0. The molecule has 0 bridgehead atoms. The first-order valence-electron chi connectivity index (χ1n) is 15.8. The fourth-order valence-corrected chi connectivity index (χ4v) is 6.27. The molecule has 10 heteroatoms. The molecule has 10 nitrogen and oxygen atoms in total. The van der Waals surface area contributed by atoms with E-state index in [1.54, 1.807) is 24.5 Å². The highest BCUT2D eigenvalue weighted by Gasteiger charge is 2.33. The predicted octanol–water partition coefficient (Wildman–Crippen LogP) is 5.53. The minimum atomic E-state index is -0.509. The fourth-order valence-electron chi connectivity index (χ4n) is 6.27. The molecule has 1 aliphatic heterocycles. The Kier molecular flexibility index (Phi) is 11.0. The van der Waals surface area contributed by atoms with E-state index in [9.17, 15) is 25.2 Å². The molecule has 5 unspecified atom stereocenters. The van der Waals surface area contributed by atoms with E-state index in [0.29, 0.717) is 43.4 Å². The Morgan fingerprint density at radius 2 is 1.82 bits per heavy atom. The number of aliphatic hydroxyl groups is 1. The molecule has 1 aliphatic carbocycles. The lowest BCUT2D eigenvalue weighted by atomic mass is 9.88. The van der Waals surface area contributed by atoms with Gasteiger partial charge >= 0.3 is 5.97 Å². The molecule has 5 atom stereocenters. The smallest absolute Gasteiger partial charge is 0.302 e. The van der Waals surface area contributed by atoms with Gasteiger partial charge in [-0.2, -0.15) is 0 Å². The topological polar surface area (TPSA) is 148 Å². The van der Waals surface area contributed by atoms with Crippen molar-refractivity contribution < 1.29 is 44.2 Å². The lowest BCUT2D eigenvalue weighted by Crippen LogP contribution is -2.34. The van der Waals surface area contributed by atoms with Gasteiger partial charge in [0, 0.05) is 45.2 Å². The number of nitrogens with zero attached hydrogens (tertiary/aromatic N) is 1. The van der Waals surface area contributed by atoms with Crippen molar-refractivity contribution in [3.05, 3.63) is 71.5 Å². The summed E-state index contributed by atoms with van der Waals surface area (Å²) in [7, 11) is 0. The van der Waals surface area contributed by atoms with Crippen molar-refractivity contribution >= 4 is 5.97 Å². The lowest BCUT2D eigenvalue weighted by molar-refractivity contribution is -0.160. The summed E-state index contributed by atoms with van der Waals surface area (Å²) < 4.78 is 24.1. The van der Waals surface area contributed by atoms with Crippen LogP contribution in [0.1, 0.15) is 74.7 Å². The Morgan fingerprint density at radius 3 is 2.60 bits per heavy atom. The maximum atomic E-state index is 11.9. The number of benzene rings is 2. The van der Waals surface area contributed by atoms with Gasteiger partial charge in [0.25, 0.3) is 0 Å². The van der Waals surface area contributed by atoms with Gasteiger partial charge in [0.15, 0.2) is 23.0 Å². The quantitative estimate of drug-likeness (QED) is 0.150. The molecule has 45 heavy (non-hydrogen) atoms. The molecule has 2 aliphatic rings. The van der Waals surface area contributed by atoms with Crippen LogP contribution in [-0.4, -0.2) is 62.9 Å². The second-order valence-corrected chi connectivity index (χ2v) is 12.1. The molecular formula is C35H43NO9. The van der Waals surface area contributed by atoms with E-state index in [1.807, 2.05) is 24.3 Å². The van der Waals surface area contributed by atoms with Gasteiger partial charge in [-0.25, -0.2) is 0 Å². The second kappa shape index (κ2) is 15.3. The summed E-state index contributed by atoms with van der Waals surface area (Å²) in [5.74, 6) is -0.160. The van der Waals surface area contributed by atoms with E-state index in [4.69, 9.17) is 18.9 Å². The summed E-state index contributed by atoms with van der Waals surface area (Å²) in [5.41, 5.74) is 2.56.